The van der Waals surface area contributed by atoms with Crippen molar-refractivity contribution >= 4 is 17.6 Å². The van der Waals surface area contributed by atoms with Crippen molar-refractivity contribution in [2.24, 2.45) is 11.7 Å². The fourth-order valence-electron chi connectivity index (χ4n) is 2.03. The average Bonchev–Trinajstić information content (AvgIpc) is 2.44. The number of primary amides is 1. The van der Waals surface area contributed by atoms with Gasteiger partial charge in [0.15, 0.2) is 0 Å². The van der Waals surface area contributed by atoms with Crippen LogP contribution in [0.5, 0.6) is 0 Å². The van der Waals surface area contributed by atoms with E-state index < -0.39 is 12.1 Å². The van der Waals surface area contributed by atoms with Crippen LogP contribution in [0.1, 0.15) is 45.6 Å². The van der Waals surface area contributed by atoms with E-state index in [0.29, 0.717) is 11.6 Å². The van der Waals surface area contributed by atoms with Gasteiger partial charge in [0.2, 0.25) is 5.91 Å². The average molecular weight is 291 g/mol. The second-order valence-corrected chi connectivity index (χ2v) is 5.64. The van der Waals surface area contributed by atoms with Crippen molar-refractivity contribution in [3.05, 3.63) is 29.8 Å². The highest BCUT2D eigenvalue weighted by molar-refractivity contribution is 5.97. The van der Waals surface area contributed by atoms with Crippen molar-refractivity contribution in [1.82, 2.24) is 5.32 Å². The summed E-state index contributed by atoms with van der Waals surface area (Å²) in [5.41, 5.74) is 7.06. The number of urea groups is 1. The van der Waals surface area contributed by atoms with Gasteiger partial charge in [-0.2, -0.15) is 0 Å². The molecule has 1 aromatic carbocycles. The Morgan fingerprint density at radius 2 is 1.71 bits per heavy atom. The lowest BCUT2D eigenvalue weighted by Crippen LogP contribution is -2.49. The maximum atomic E-state index is 12.3. The van der Waals surface area contributed by atoms with Crippen LogP contribution in [0.3, 0.4) is 0 Å². The SMILES string of the molecule is CC[C@H](C)[C@@H](NC(N)=O)C(=O)Nc1ccc(C(C)C)cc1. The molecule has 0 fully saturated rings. The number of anilines is 1. The molecule has 0 heterocycles. The zero-order valence-electron chi connectivity index (χ0n) is 13.1. The second-order valence-electron chi connectivity index (χ2n) is 5.64. The van der Waals surface area contributed by atoms with Crippen LogP contribution in [-0.4, -0.2) is 18.0 Å². The normalized spacial score (nSPS) is 13.6. The van der Waals surface area contributed by atoms with Gasteiger partial charge in [0.1, 0.15) is 6.04 Å². The van der Waals surface area contributed by atoms with Crippen molar-refractivity contribution in [2.75, 3.05) is 5.32 Å². The Hall–Kier alpha value is -2.04. The van der Waals surface area contributed by atoms with Gasteiger partial charge in [-0.25, -0.2) is 4.79 Å². The standard InChI is InChI=1S/C16H25N3O2/c1-5-11(4)14(19-16(17)21)15(20)18-13-8-6-12(7-9-13)10(2)3/h6-11,14H,5H2,1-4H3,(H,18,20)(H3,17,19,21)/t11-,14+/m0/s1. The van der Waals surface area contributed by atoms with Gasteiger partial charge in [0.25, 0.3) is 0 Å². The number of nitrogens with two attached hydrogens (primary N) is 1. The molecule has 0 spiro atoms. The molecule has 5 nitrogen and oxygen atoms in total. The van der Waals surface area contributed by atoms with E-state index in [1.54, 1.807) is 0 Å². The highest BCUT2D eigenvalue weighted by Gasteiger charge is 2.25. The maximum absolute atomic E-state index is 12.3. The molecule has 5 heteroatoms. The molecule has 0 unspecified atom stereocenters. The second kappa shape index (κ2) is 7.67. The summed E-state index contributed by atoms with van der Waals surface area (Å²) in [5.74, 6) is 0.201. The number of carbonyl (C=O) groups excluding carboxylic acids is 2. The summed E-state index contributed by atoms with van der Waals surface area (Å²) in [6.45, 7) is 8.10. The Morgan fingerprint density at radius 1 is 1.14 bits per heavy atom. The molecule has 0 radical (unpaired) electrons. The van der Waals surface area contributed by atoms with Crippen molar-refractivity contribution in [1.29, 1.82) is 0 Å². The van der Waals surface area contributed by atoms with E-state index in [4.69, 9.17) is 5.73 Å². The van der Waals surface area contributed by atoms with E-state index in [-0.39, 0.29) is 11.8 Å². The van der Waals surface area contributed by atoms with Crippen molar-refractivity contribution in [3.63, 3.8) is 0 Å². The van der Waals surface area contributed by atoms with Crippen LogP contribution in [-0.2, 0) is 4.79 Å². The number of benzene rings is 1. The first-order valence-electron chi connectivity index (χ1n) is 7.32. The Balaban J connectivity index is 2.78. The van der Waals surface area contributed by atoms with Crippen LogP contribution >= 0.6 is 0 Å². The molecule has 21 heavy (non-hydrogen) atoms. The summed E-state index contributed by atoms with van der Waals surface area (Å²) >= 11 is 0. The third-order valence-electron chi connectivity index (χ3n) is 3.64. The predicted octanol–water partition coefficient (Wildman–Crippen LogP) is 2.83. The molecule has 3 amide bonds. The van der Waals surface area contributed by atoms with Crippen molar-refractivity contribution < 1.29 is 9.59 Å². The Morgan fingerprint density at radius 3 is 2.14 bits per heavy atom. The molecule has 1 aromatic rings. The lowest BCUT2D eigenvalue weighted by atomic mass is 9.98. The minimum atomic E-state index is -0.689. The highest BCUT2D eigenvalue weighted by atomic mass is 16.2. The van der Waals surface area contributed by atoms with Crippen LogP contribution in [0.2, 0.25) is 0 Å². The van der Waals surface area contributed by atoms with Crippen LogP contribution in [0.4, 0.5) is 10.5 Å². The Labute approximate surface area is 126 Å². The Kier molecular flexibility index (Phi) is 6.21. The monoisotopic (exact) mass is 291 g/mol. The van der Waals surface area contributed by atoms with Gasteiger partial charge in [-0.15, -0.1) is 0 Å². The van der Waals surface area contributed by atoms with Gasteiger partial charge in [0, 0.05) is 5.69 Å². The molecular formula is C16H25N3O2. The largest absolute Gasteiger partial charge is 0.352 e. The zero-order valence-corrected chi connectivity index (χ0v) is 13.1. The summed E-state index contributed by atoms with van der Waals surface area (Å²) in [7, 11) is 0. The van der Waals surface area contributed by atoms with Gasteiger partial charge in [-0.1, -0.05) is 46.2 Å². The van der Waals surface area contributed by atoms with Crippen molar-refractivity contribution in [3.8, 4) is 0 Å². The van der Waals surface area contributed by atoms with Gasteiger partial charge >= 0.3 is 6.03 Å². The number of nitrogens with one attached hydrogen (secondary N) is 2. The van der Waals surface area contributed by atoms with Crippen LogP contribution < -0.4 is 16.4 Å². The molecule has 0 aliphatic heterocycles. The van der Waals surface area contributed by atoms with Crippen LogP contribution in [0.15, 0.2) is 24.3 Å². The van der Waals surface area contributed by atoms with Gasteiger partial charge in [0.05, 0.1) is 0 Å². The number of hydrogen-bond donors (Lipinski definition) is 3. The quantitative estimate of drug-likeness (QED) is 0.753. The number of carbonyl (C=O) groups is 2. The summed E-state index contributed by atoms with van der Waals surface area (Å²) in [4.78, 5) is 23.3. The fraction of sp³-hybridized carbons (Fsp3) is 0.500. The van der Waals surface area contributed by atoms with Crippen molar-refractivity contribution in [2.45, 2.75) is 46.1 Å². The third-order valence-corrected chi connectivity index (χ3v) is 3.64. The molecule has 116 valence electrons. The first-order valence-corrected chi connectivity index (χ1v) is 7.32. The molecule has 0 bridgehead atoms. The molecule has 0 aliphatic rings. The smallest absolute Gasteiger partial charge is 0.312 e. The minimum absolute atomic E-state index is 0.00689. The lowest BCUT2D eigenvalue weighted by molar-refractivity contribution is -0.119. The first-order chi connectivity index (χ1) is 9.85. The molecule has 4 N–H and O–H groups in total. The summed E-state index contributed by atoms with van der Waals surface area (Å²) < 4.78 is 0. The topological polar surface area (TPSA) is 84.2 Å². The van der Waals surface area contributed by atoms with E-state index in [0.717, 1.165) is 6.42 Å². The lowest BCUT2D eigenvalue weighted by Gasteiger charge is -2.22. The van der Waals surface area contributed by atoms with E-state index in [2.05, 4.69) is 24.5 Å². The van der Waals surface area contributed by atoms with E-state index in [9.17, 15) is 9.59 Å². The third kappa shape index (κ3) is 5.10. The number of rotatable bonds is 6. The molecule has 0 saturated heterocycles. The Bertz CT molecular complexity index is 483. The molecule has 0 aromatic heterocycles. The van der Waals surface area contributed by atoms with Gasteiger partial charge in [-0.3, -0.25) is 4.79 Å². The number of amides is 3. The summed E-state index contributed by atoms with van der Waals surface area (Å²) in [6.07, 6.45) is 0.769. The van der Waals surface area contributed by atoms with E-state index >= 15 is 0 Å². The van der Waals surface area contributed by atoms with Gasteiger partial charge < -0.3 is 16.4 Å². The van der Waals surface area contributed by atoms with Crippen LogP contribution in [0, 0.1) is 5.92 Å². The molecule has 0 saturated carbocycles. The minimum Gasteiger partial charge on any atom is -0.352 e. The fourth-order valence-corrected chi connectivity index (χ4v) is 2.03. The maximum Gasteiger partial charge on any atom is 0.312 e. The van der Waals surface area contributed by atoms with E-state index in [1.165, 1.54) is 5.56 Å². The highest BCUT2D eigenvalue weighted by Crippen LogP contribution is 2.18. The first kappa shape index (κ1) is 17.0. The summed E-state index contributed by atoms with van der Waals surface area (Å²) in [6, 6.07) is 6.39. The van der Waals surface area contributed by atoms with Crippen LogP contribution in [0.25, 0.3) is 0 Å². The predicted molar refractivity (Wildman–Crippen MR) is 85.1 cm³/mol. The summed E-state index contributed by atoms with van der Waals surface area (Å²) in [5, 5.41) is 5.33. The zero-order chi connectivity index (χ0) is 16.0. The molecule has 1 rings (SSSR count). The molecule has 2 atom stereocenters. The molecular weight excluding hydrogens is 266 g/mol. The van der Waals surface area contributed by atoms with E-state index in [1.807, 2.05) is 38.1 Å². The molecule has 0 aliphatic carbocycles. The van der Waals surface area contributed by atoms with Gasteiger partial charge in [-0.05, 0) is 29.5 Å². The number of hydrogen-bond acceptors (Lipinski definition) is 2.